The minimum Gasteiger partial charge on any atom is -0.494 e. The summed E-state index contributed by atoms with van der Waals surface area (Å²) < 4.78 is 57.2. The average molecular weight is 568 g/mol. The molecule has 2 aliphatic heterocycles. The maximum absolute atomic E-state index is 13.3. The number of pyridine rings is 1. The van der Waals surface area contributed by atoms with Gasteiger partial charge < -0.3 is 19.8 Å². The van der Waals surface area contributed by atoms with Gasteiger partial charge in [-0.2, -0.15) is 13.2 Å². The van der Waals surface area contributed by atoms with Crippen LogP contribution in [0.5, 0.6) is 5.75 Å². The molecule has 206 valence electrons. The lowest BCUT2D eigenvalue weighted by atomic mass is 9.88. The highest BCUT2D eigenvalue weighted by molar-refractivity contribution is 7.97. The van der Waals surface area contributed by atoms with Gasteiger partial charge >= 0.3 is 6.18 Å². The van der Waals surface area contributed by atoms with Crippen molar-refractivity contribution in [3.8, 4) is 5.75 Å². The highest BCUT2D eigenvalue weighted by Gasteiger charge is 2.42. The van der Waals surface area contributed by atoms with Gasteiger partial charge in [0.1, 0.15) is 11.4 Å². The number of nitrogens with one attached hydrogen (secondary N) is 3. The molecule has 3 N–H and O–H groups in total. The van der Waals surface area contributed by atoms with E-state index in [4.69, 9.17) is 9.47 Å². The Morgan fingerprint density at radius 2 is 2.08 bits per heavy atom. The van der Waals surface area contributed by atoms with Crippen molar-refractivity contribution in [1.82, 2.24) is 24.3 Å². The number of alkyl halides is 3. The molecule has 38 heavy (non-hydrogen) atoms. The average Bonchev–Trinajstić information content (AvgIpc) is 3.50. The van der Waals surface area contributed by atoms with Crippen LogP contribution in [0, 0.1) is 0 Å². The third-order valence-corrected chi connectivity index (χ3v) is 8.69. The van der Waals surface area contributed by atoms with E-state index >= 15 is 0 Å². The first-order valence-corrected chi connectivity index (χ1v) is 14.3. The molecule has 4 heterocycles. The molecule has 5 rings (SSSR count). The Labute approximate surface area is 228 Å². The minimum atomic E-state index is -4.41. The van der Waals surface area contributed by atoms with Crippen molar-refractivity contribution in [3.63, 3.8) is 0 Å². The van der Waals surface area contributed by atoms with Crippen molar-refractivity contribution in [1.29, 1.82) is 0 Å². The zero-order chi connectivity index (χ0) is 26.6. The number of fused-ring (bicyclic) bond motifs is 1. The fourth-order valence-corrected chi connectivity index (χ4v) is 6.53. The first-order chi connectivity index (χ1) is 18.3. The third-order valence-electron chi connectivity index (χ3n) is 6.94. The Bertz CT molecular complexity index is 1220. The smallest absolute Gasteiger partial charge is 0.418 e. The second kappa shape index (κ2) is 12.1. The highest BCUT2D eigenvalue weighted by atomic mass is 32.2. The maximum Gasteiger partial charge on any atom is 0.418 e. The van der Waals surface area contributed by atoms with Gasteiger partial charge in [-0.25, -0.2) is 9.29 Å². The van der Waals surface area contributed by atoms with Crippen LogP contribution in [0.2, 0.25) is 0 Å². The van der Waals surface area contributed by atoms with E-state index in [0.717, 1.165) is 62.2 Å². The standard InChI is InChI=1S/C26H32F3N5O2S2/c1-30-37-20-5-2-4-19(12-20)35-11-3-8-31-18-14-25(36-17-18)6-9-34(10-7-25)38-21-13-22-23(26(27,28)29)16-33-24(22)32-15-21/h2,4-5,12-13,15-16,18,30-31H,3,6-11,14,17H2,1H3,(H,32,33). The molecule has 1 aromatic carbocycles. The van der Waals surface area contributed by atoms with E-state index in [-0.39, 0.29) is 16.6 Å². The lowest BCUT2D eigenvalue weighted by Gasteiger charge is -2.38. The van der Waals surface area contributed by atoms with Crippen molar-refractivity contribution < 1.29 is 22.6 Å². The molecule has 1 atom stereocenters. The lowest BCUT2D eigenvalue weighted by molar-refractivity contribution is -0.136. The Balaban J connectivity index is 1.03. The van der Waals surface area contributed by atoms with Crippen LogP contribution in [0.4, 0.5) is 13.2 Å². The highest BCUT2D eigenvalue weighted by Crippen LogP contribution is 2.40. The van der Waals surface area contributed by atoms with Crippen molar-refractivity contribution in [3.05, 3.63) is 48.3 Å². The molecule has 3 aromatic rings. The molecule has 1 spiro atoms. The van der Waals surface area contributed by atoms with Crippen molar-refractivity contribution >= 4 is 34.9 Å². The van der Waals surface area contributed by atoms with Crippen LogP contribution in [0.1, 0.15) is 31.2 Å². The summed E-state index contributed by atoms with van der Waals surface area (Å²) in [4.78, 5) is 8.62. The molecular formula is C26H32F3N5O2S2. The van der Waals surface area contributed by atoms with Crippen LogP contribution in [-0.4, -0.2) is 65.8 Å². The van der Waals surface area contributed by atoms with Crippen molar-refractivity contribution in [2.75, 3.05) is 39.9 Å². The van der Waals surface area contributed by atoms with Crippen LogP contribution >= 0.6 is 23.9 Å². The van der Waals surface area contributed by atoms with E-state index in [1.54, 1.807) is 24.2 Å². The first kappa shape index (κ1) is 27.6. The van der Waals surface area contributed by atoms with Crippen LogP contribution in [0.3, 0.4) is 0 Å². The molecular weight excluding hydrogens is 535 g/mol. The lowest BCUT2D eigenvalue weighted by Crippen LogP contribution is -2.42. The van der Waals surface area contributed by atoms with Gasteiger partial charge in [-0.15, -0.1) is 0 Å². The van der Waals surface area contributed by atoms with Gasteiger partial charge in [0.25, 0.3) is 0 Å². The number of H-pyrrole nitrogens is 1. The summed E-state index contributed by atoms with van der Waals surface area (Å²) in [6.45, 7) is 3.84. The third kappa shape index (κ3) is 6.78. The molecule has 2 saturated heterocycles. The predicted octanol–water partition coefficient (Wildman–Crippen LogP) is 5.50. The number of nitrogens with zero attached hydrogens (tertiary/aromatic N) is 2. The van der Waals surface area contributed by atoms with Gasteiger partial charge in [0.2, 0.25) is 0 Å². The van der Waals surface area contributed by atoms with Crippen LogP contribution in [0.25, 0.3) is 11.0 Å². The molecule has 0 saturated carbocycles. The number of aromatic amines is 1. The predicted molar refractivity (Wildman–Crippen MR) is 144 cm³/mol. The number of hydrogen-bond donors (Lipinski definition) is 3. The Hall–Kier alpha value is -1.96. The van der Waals surface area contributed by atoms with Crippen LogP contribution in [-0.2, 0) is 10.9 Å². The summed E-state index contributed by atoms with van der Waals surface area (Å²) >= 11 is 3.03. The first-order valence-electron chi connectivity index (χ1n) is 12.7. The fourth-order valence-electron chi connectivity index (χ4n) is 5.04. The van der Waals surface area contributed by atoms with Gasteiger partial charge in [0.15, 0.2) is 0 Å². The van der Waals surface area contributed by atoms with Gasteiger partial charge in [-0.1, -0.05) is 6.07 Å². The molecule has 0 amide bonds. The van der Waals surface area contributed by atoms with Crippen LogP contribution < -0.4 is 14.8 Å². The van der Waals surface area contributed by atoms with Crippen molar-refractivity contribution in [2.45, 2.75) is 53.3 Å². The van der Waals surface area contributed by atoms with E-state index in [1.807, 2.05) is 31.3 Å². The van der Waals surface area contributed by atoms with Crippen molar-refractivity contribution in [2.24, 2.45) is 0 Å². The van der Waals surface area contributed by atoms with Gasteiger partial charge in [-0.05, 0) is 87.4 Å². The molecule has 0 aliphatic carbocycles. The second-order valence-corrected chi connectivity index (χ2v) is 11.9. The van der Waals surface area contributed by atoms with Crippen LogP contribution in [0.15, 0.2) is 52.5 Å². The van der Waals surface area contributed by atoms with E-state index in [2.05, 4.69) is 24.3 Å². The zero-order valence-corrected chi connectivity index (χ0v) is 22.8. The van der Waals surface area contributed by atoms with E-state index < -0.39 is 11.7 Å². The molecule has 0 bridgehead atoms. The summed E-state index contributed by atoms with van der Waals surface area (Å²) in [6.07, 6.45) is 1.88. The Morgan fingerprint density at radius 3 is 2.87 bits per heavy atom. The second-order valence-electron chi connectivity index (χ2n) is 9.62. The number of aromatic nitrogens is 2. The molecule has 12 heteroatoms. The molecule has 0 radical (unpaired) electrons. The minimum absolute atomic E-state index is 0.107. The molecule has 7 nitrogen and oxygen atoms in total. The Morgan fingerprint density at radius 1 is 1.24 bits per heavy atom. The zero-order valence-electron chi connectivity index (χ0n) is 21.1. The molecule has 2 aliphatic rings. The van der Waals surface area contributed by atoms with Gasteiger partial charge in [-0.3, -0.25) is 4.72 Å². The van der Waals surface area contributed by atoms with E-state index in [9.17, 15) is 13.2 Å². The number of piperidine rings is 1. The summed E-state index contributed by atoms with van der Waals surface area (Å²) in [7, 11) is 1.89. The quantitative estimate of drug-likeness (QED) is 0.219. The number of ether oxygens (including phenoxy) is 2. The van der Waals surface area contributed by atoms with E-state index in [1.165, 1.54) is 11.9 Å². The number of benzene rings is 1. The topological polar surface area (TPSA) is 74.4 Å². The molecule has 2 aromatic heterocycles. The summed E-state index contributed by atoms with van der Waals surface area (Å²) in [5.74, 6) is 0.877. The van der Waals surface area contributed by atoms with E-state index in [0.29, 0.717) is 24.2 Å². The normalized spacial score (nSPS) is 19.9. The number of hydrogen-bond acceptors (Lipinski definition) is 8. The van der Waals surface area contributed by atoms with Gasteiger partial charge in [0, 0.05) is 46.7 Å². The monoisotopic (exact) mass is 567 g/mol. The molecule has 1 unspecified atom stereocenters. The summed E-state index contributed by atoms with van der Waals surface area (Å²) in [5, 5.41) is 3.72. The van der Waals surface area contributed by atoms with Gasteiger partial charge in [0.05, 0.1) is 24.4 Å². The maximum atomic E-state index is 13.3. The number of halogens is 3. The fraction of sp³-hybridized carbons (Fsp3) is 0.500. The summed E-state index contributed by atoms with van der Waals surface area (Å²) in [6, 6.07) is 9.94. The number of rotatable bonds is 10. The largest absolute Gasteiger partial charge is 0.494 e. The molecule has 2 fully saturated rings. The summed E-state index contributed by atoms with van der Waals surface area (Å²) in [5.41, 5.74) is -0.549. The SMILES string of the molecule is CNSc1cccc(OCCCNC2COC3(CCN(Sc4cnc5[nH]cc(C(F)(F)F)c5c4)CC3)C2)c1. The Kier molecular flexibility index (Phi) is 8.75.